The van der Waals surface area contributed by atoms with Gasteiger partial charge in [0.05, 0.1) is 50.3 Å². The van der Waals surface area contributed by atoms with Gasteiger partial charge in [0.15, 0.2) is 30.9 Å². The molecular weight excluding hydrogens is 961 g/mol. The number of allylic oxidation sites excluding steroid dienone is 1. The molecule has 2 bridgehead atoms. The zero-order valence-electron chi connectivity index (χ0n) is 43.4. The monoisotopic (exact) mass is 1040 g/mol. The lowest BCUT2D eigenvalue weighted by molar-refractivity contribution is -0.399. The van der Waals surface area contributed by atoms with Crippen LogP contribution < -0.4 is 0 Å². The SMILES string of the molecule is CC(C)=C[C@H]1C[C@@](C)(O)[C@H]2[C@@H]3CC[C@H]4[C@]5(C)CC[C@@H](O[C@H]6OC[C@@H](O)[C@@H](O[C@H]7O[C@@H](CO)[C@H](O)[C@@H](O)[C@@H]7O[C@H]7OC[C@H](O)[C@@H](O)[C@@H]7O)[C@@H]6O[C@H]6O[C@H](C)[C@@H](O)[C@H](O)[C@@H]6O)C(C)(C)[C@H]5CC[C@]4(C)[C@]34CO[C@]2(C4)O1. The molecule has 10 fully saturated rings. The van der Waals surface area contributed by atoms with Crippen LogP contribution in [0.5, 0.6) is 0 Å². The highest BCUT2D eigenvalue weighted by Crippen LogP contribution is 2.80. The predicted octanol–water partition coefficient (Wildman–Crippen LogP) is -0.542. The lowest BCUT2D eigenvalue weighted by Gasteiger charge is -2.70. The Morgan fingerprint density at radius 3 is 2.03 bits per heavy atom. The minimum Gasteiger partial charge on any atom is -0.394 e. The maximum absolute atomic E-state index is 12.3. The van der Waals surface area contributed by atoms with Crippen molar-refractivity contribution in [3.63, 3.8) is 0 Å². The summed E-state index contributed by atoms with van der Waals surface area (Å²) in [6.45, 7) is 15.9. The van der Waals surface area contributed by atoms with E-state index < -0.39 is 147 Å². The predicted molar refractivity (Wildman–Crippen MR) is 250 cm³/mol. The molecule has 29 atom stereocenters. The second kappa shape index (κ2) is 19.6. The first-order valence-electron chi connectivity index (χ1n) is 26.8. The molecule has 10 rings (SSSR count). The Labute approximate surface area is 426 Å². The summed E-state index contributed by atoms with van der Waals surface area (Å²) in [5, 5.41) is 121. The summed E-state index contributed by atoms with van der Waals surface area (Å²) < 4.78 is 63.4. The van der Waals surface area contributed by atoms with Crippen molar-refractivity contribution in [2.45, 2.75) is 241 Å². The fourth-order valence-electron chi connectivity index (χ4n) is 16.9. The van der Waals surface area contributed by atoms with Gasteiger partial charge in [-0.2, -0.15) is 0 Å². The molecule has 73 heavy (non-hydrogen) atoms. The van der Waals surface area contributed by atoms with E-state index in [0.717, 1.165) is 44.1 Å². The van der Waals surface area contributed by atoms with E-state index in [1.165, 1.54) is 6.92 Å². The Hall–Kier alpha value is -1.10. The molecule has 0 radical (unpaired) electrons. The van der Waals surface area contributed by atoms with E-state index in [1.54, 1.807) is 0 Å². The Kier molecular flexibility index (Phi) is 14.8. The second-order valence-corrected chi connectivity index (χ2v) is 25.3. The largest absolute Gasteiger partial charge is 0.394 e. The molecule has 4 aliphatic carbocycles. The highest BCUT2D eigenvalue weighted by molar-refractivity contribution is 5.27. The minimum absolute atomic E-state index is 0.108. The summed E-state index contributed by atoms with van der Waals surface area (Å²) in [4.78, 5) is 0. The first kappa shape index (κ1) is 55.2. The van der Waals surface area contributed by atoms with E-state index in [2.05, 4.69) is 47.6 Å². The van der Waals surface area contributed by atoms with Gasteiger partial charge >= 0.3 is 0 Å². The lowest BCUT2D eigenvalue weighted by Crippen LogP contribution is -2.68. The van der Waals surface area contributed by atoms with Crippen molar-refractivity contribution in [2.24, 2.45) is 45.3 Å². The zero-order chi connectivity index (χ0) is 52.7. The van der Waals surface area contributed by atoms with Gasteiger partial charge in [-0.25, -0.2) is 0 Å². The number of aliphatic hydroxyl groups is 11. The van der Waals surface area contributed by atoms with Crippen molar-refractivity contribution >= 4 is 0 Å². The van der Waals surface area contributed by atoms with Crippen LogP contribution in [0.1, 0.15) is 107 Å². The number of aliphatic hydroxyl groups excluding tert-OH is 10. The fourth-order valence-corrected chi connectivity index (χ4v) is 16.9. The highest BCUT2D eigenvalue weighted by atomic mass is 16.8. The Bertz CT molecular complexity index is 2010. The Morgan fingerprint density at radius 2 is 1.32 bits per heavy atom. The summed E-state index contributed by atoms with van der Waals surface area (Å²) in [5.41, 5.74) is -0.717. The van der Waals surface area contributed by atoms with Crippen LogP contribution in [-0.2, 0) is 47.4 Å². The van der Waals surface area contributed by atoms with Crippen LogP contribution >= 0.6 is 0 Å². The number of rotatable bonds is 10. The minimum atomic E-state index is -1.87. The molecule has 6 aliphatic heterocycles. The van der Waals surface area contributed by atoms with Gasteiger partial charge in [-0.15, -0.1) is 0 Å². The molecule has 0 unspecified atom stereocenters. The standard InChI is InChI=1S/C52H84O21/c1-22(2)15-24-16-50(8,63)42-25-9-10-30-48(6)13-12-31(47(4,5)29(48)11-14-49(30,7)51(25)20-52(42,73-24)66-21-51)69-45-41(72-44-38(62)35(59)32(56)23(3)67-44)39(27(55)19-65-45)70-46-40(36(60)34(58)28(17-53)68-46)71-43-37(61)33(57)26(54)18-64-43/h15,23-46,53-63H,9-14,16-21H2,1-8H3/t23-,24+,25+,26+,27-,28+,29-,30+,31-,32-,33-,34+,35+,36-,37+,38+,39-,40+,41+,42-,43-,44-,45-,46-,48-,49+,50-,51-,52-/m1/s1. The molecule has 11 N–H and O–H groups in total. The normalized spacial score (nSPS) is 57.5. The smallest absolute Gasteiger partial charge is 0.187 e. The Balaban J connectivity index is 0.919. The first-order chi connectivity index (χ1) is 34.2. The molecule has 4 saturated carbocycles. The molecule has 21 heteroatoms. The lowest BCUT2D eigenvalue weighted by atomic mass is 9.35. The third kappa shape index (κ3) is 8.77. The van der Waals surface area contributed by atoms with Gasteiger partial charge in [0.1, 0.15) is 79.4 Å². The highest BCUT2D eigenvalue weighted by Gasteiger charge is 2.81. The van der Waals surface area contributed by atoms with Crippen molar-refractivity contribution in [2.75, 3.05) is 26.4 Å². The molecule has 0 aromatic carbocycles. The molecule has 2 spiro atoms. The molecule has 0 amide bonds. The van der Waals surface area contributed by atoms with Crippen LogP contribution in [-0.4, -0.2) is 217 Å². The van der Waals surface area contributed by atoms with Gasteiger partial charge in [0.25, 0.3) is 0 Å². The van der Waals surface area contributed by atoms with Gasteiger partial charge in [0.2, 0.25) is 0 Å². The quantitative estimate of drug-likeness (QED) is 0.0967. The summed E-state index contributed by atoms with van der Waals surface area (Å²) >= 11 is 0. The van der Waals surface area contributed by atoms with Crippen LogP contribution in [0.25, 0.3) is 0 Å². The summed E-state index contributed by atoms with van der Waals surface area (Å²) in [5.74, 6) is -0.230. The number of hydrogen-bond donors (Lipinski definition) is 11. The third-order valence-corrected chi connectivity index (χ3v) is 20.4. The van der Waals surface area contributed by atoms with Gasteiger partial charge < -0.3 is 104 Å². The Morgan fingerprint density at radius 1 is 0.644 bits per heavy atom. The van der Waals surface area contributed by atoms with Gasteiger partial charge in [-0.05, 0) is 100 Å². The van der Waals surface area contributed by atoms with E-state index >= 15 is 0 Å². The summed E-state index contributed by atoms with van der Waals surface area (Å²) in [6, 6.07) is 0. The topological polar surface area (TPSA) is 315 Å². The first-order valence-corrected chi connectivity index (χ1v) is 26.8. The van der Waals surface area contributed by atoms with Gasteiger partial charge in [-0.3, -0.25) is 0 Å². The second-order valence-electron chi connectivity index (χ2n) is 25.3. The van der Waals surface area contributed by atoms with Crippen molar-refractivity contribution in [3.8, 4) is 0 Å². The van der Waals surface area contributed by atoms with E-state index in [1.807, 2.05) is 6.92 Å². The molecule has 0 aromatic rings. The van der Waals surface area contributed by atoms with Crippen LogP contribution in [0.15, 0.2) is 11.6 Å². The van der Waals surface area contributed by atoms with Gasteiger partial charge in [-0.1, -0.05) is 39.3 Å². The molecule has 21 nitrogen and oxygen atoms in total. The molecular formula is C52H84O21. The zero-order valence-corrected chi connectivity index (χ0v) is 43.4. The maximum atomic E-state index is 12.3. The van der Waals surface area contributed by atoms with Crippen LogP contribution in [0.2, 0.25) is 0 Å². The molecule has 10 aliphatic rings. The van der Waals surface area contributed by atoms with E-state index in [0.29, 0.717) is 25.4 Å². The summed E-state index contributed by atoms with van der Waals surface area (Å²) in [6.07, 6.45) is -20.8. The summed E-state index contributed by atoms with van der Waals surface area (Å²) in [7, 11) is 0. The number of fused-ring (bicyclic) bond motifs is 4. The molecule has 418 valence electrons. The number of ether oxygens (including phenoxy) is 10. The van der Waals surface area contributed by atoms with Crippen molar-refractivity contribution in [1.82, 2.24) is 0 Å². The van der Waals surface area contributed by atoms with Crippen molar-refractivity contribution in [1.29, 1.82) is 0 Å². The van der Waals surface area contributed by atoms with Crippen LogP contribution in [0, 0.1) is 45.3 Å². The maximum Gasteiger partial charge on any atom is 0.187 e. The fraction of sp³-hybridized carbons (Fsp3) is 0.962. The third-order valence-electron chi connectivity index (χ3n) is 20.4. The average molecular weight is 1050 g/mol. The van der Waals surface area contributed by atoms with E-state index in [9.17, 15) is 56.2 Å². The molecule has 0 aromatic heterocycles. The number of hydrogen-bond acceptors (Lipinski definition) is 21. The van der Waals surface area contributed by atoms with Crippen molar-refractivity contribution in [3.05, 3.63) is 11.6 Å². The molecule has 6 saturated heterocycles. The van der Waals surface area contributed by atoms with Crippen LogP contribution in [0.4, 0.5) is 0 Å². The van der Waals surface area contributed by atoms with Crippen molar-refractivity contribution < 1.29 is 104 Å². The molecule has 6 heterocycles. The van der Waals surface area contributed by atoms with Crippen LogP contribution in [0.3, 0.4) is 0 Å². The van der Waals surface area contributed by atoms with Gasteiger partial charge in [0, 0.05) is 24.2 Å². The average Bonchev–Trinajstić information content (AvgIpc) is 3.85. The van der Waals surface area contributed by atoms with E-state index in [-0.39, 0.29) is 46.7 Å². The van der Waals surface area contributed by atoms with E-state index in [4.69, 9.17) is 47.4 Å².